The van der Waals surface area contributed by atoms with Crippen LogP contribution < -0.4 is 33.7 Å². The molecule has 0 radical (unpaired) electrons. The molecule has 1 N–H and O–H groups in total. The van der Waals surface area contributed by atoms with Crippen LogP contribution in [0.4, 0.5) is 5.69 Å². The van der Waals surface area contributed by atoms with Crippen LogP contribution in [0.2, 0.25) is 0 Å². The molecule has 0 saturated carbocycles. The SMILES string of the molecule is C=C(C)C(=O)OCCCCCCCCCCCOc1cc(C(=O)Nc2cc(OCCCCCCCCCCCC)c(OCCCCCCCCCCCC)c(OCCCCCCCCCCCC)c2)cc(OCCCCCCCCCCCC)c1OCCCCCCCCCCCC. The number of benzene rings is 2. The third kappa shape index (κ3) is 52.0. The van der Waals surface area contributed by atoms with Gasteiger partial charge in [0.25, 0.3) is 5.91 Å². The number of anilines is 1. The van der Waals surface area contributed by atoms with E-state index in [0.717, 1.165) is 103 Å². The fourth-order valence-electron chi connectivity index (χ4n) is 13.0. The minimum Gasteiger partial charge on any atom is -0.490 e. The monoisotopic (exact) mass is 1370 g/mol. The van der Waals surface area contributed by atoms with Gasteiger partial charge in [-0.25, -0.2) is 4.79 Å². The first-order valence-electron chi connectivity index (χ1n) is 42.6. The molecule has 568 valence electrons. The number of amides is 1. The molecule has 10 heteroatoms. The average molecular weight is 1370 g/mol. The number of unbranched alkanes of at least 4 members (excludes halogenated alkanes) is 53. The Labute approximate surface area is 605 Å². The molecule has 2 rings (SSSR count). The fourth-order valence-corrected chi connectivity index (χ4v) is 13.0. The first kappa shape index (κ1) is 90.0. The van der Waals surface area contributed by atoms with Gasteiger partial charge in [0.2, 0.25) is 11.5 Å². The topological polar surface area (TPSA) is 111 Å². The second-order valence-electron chi connectivity index (χ2n) is 29.2. The highest BCUT2D eigenvalue weighted by atomic mass is 16.6. The zero-order chi connectivity index (χ0) is 70.5. The second kappa shape index (κ2) is 68.7. The zero-order valence-electron chi connectivity index (χ0n) is 65.4. The third-order valence-electron chi connectivity index (χ3n) is 19.4. The molecule has 0 aliphatic heterocycles. The Morgan fingerprint density at radius 3 is 0.694 bits per heavy atom. The molecule has 0 heterocycles. The van der Waals surface area contributed by atoms with Gasteiger partial charge < -0.3 is 38.5 Å². The average Bonchev–Trinajstić information content (AvgIpc) is 0.816. The molecule has 0 bridgehead atoms. The van der Waals surface area contributed by atoms with Crippen molar-refractivity contribution in [1.29, 1.82) is 0 Å². The van der Waals surface area contributed by atoms with Crippen LogP contribution in [0.3, 0.4) is 0 Å². The summed E-state index contributed by atoms with van der Waals surface area (Å²) in [6, 6.07) is 7.69. The van der Waals surface area contributed by atoms with Crippen molar-refractivity contribution < 1.29 is 42.7 Å². The molecule has 0 atom stereocenters. The third-order valence-corrected chi connectivity index (χ3v) is 19.4. The van der Waals surface area contributed by atoms with Crippen molar-refractivity contribution in [3.8, 4) is 34.5 Å². The van der Waals surface area contributed by atoms with E-state index < -0.39 is 0 Å². The maximum Gasteiger partial charge on any atom is 0.333 e. The normalized spacial score (nSPS) is 11.3. The first-order valence-corrected chi connectivity index (χ1v) is 42.6. The largest absolute Gasteiger partial charge is 0.490 e. The molecule has 1 amide bonds. The summed E-state index contributed by atoms with van der Waals surface area (Å²) in [5, 5.41) is 3.33. The minimum absolute atomic E-state index is 0.256. The number of rotatable bonds is 76. The summed E-state index contributed by atoms with van der Waals surface area (Å²) in [5.41, 5.74) is 1.52. The molecule has 0 saturated heterocycles. The van der Waals surface area contributed by atoms with Gasteiger partial charge in [0.15, 0.2) is 23.0 Å². The second-order valence-corrected chi connectivity index (χ2v) is 29.2. The highest BCUT2D eigenvalue weighted by molar-refractivity contribution is 6.05. The van der Waals surface area contributed by atoms with Crippen LogP contribution in [-0.2, 0) is 9.53 Å². The van der Waals surface area contributed by atoms with Crippen molar-refractivity contribution in [2.24, 2.45) is 0 Å². The maximum absolute atomic E-state index is 15.1. The standard InChI is InChI=1S/C88H157NO9/c1-8-13-18-23-28-33-39-46-53-60-67-92-81-74-79(75-82(85(81)96-71-64-57-50-42-36-31-26-21-16-11-4)93-68-61-54-49-44-38-45-52-59-66-73-98-88(91)78(6)7)87(90)89-80-76-83(94-69-62-55-47-40-34-29-24-19-14-9-2)86(97-72-65-58-51-43-37-32-27-22-17-12-5)84(77-80)95-70-63-56-48-41-35-30-25-20-15-10-3/h74-77H,6,8-73H2,1-5,7H3,(H,89,90). The van der Waals surface area contributed by atoms with Crippen molar-refractivity contribution in [2.45, 2.75) is 420 Å². The summed E-state index contributed by atoms with van der Waals surface area (Å²) in [6.45, 7) is 20.6. The van der Waals surface area contributed by atoms with E-state index in [0.29, 0.717) is 97.6 Å². The summed E-state index contributed by atoms with van der Waals surface area (Å²) in [6.07, 6.45) is 72.3. The lowest BCUT2D eigenvalue weighted by Crippen LogP contribution is -2.15. The predicted molar refractivity (Wildman–Crippen MR) is 420 cm³/mol. The summed E-state index contributed by atoms with van der Waals surface area (Å²) < 4.78 is 45.9. The van der Waals surface area contributed by atoms with Crippen LogP contribution in [0, 0.1) is 0 Å². The van der Waals surface area contributed by atoms with E-state index in [1.54, 1.807) is 6.92 Å². The molecule has 2 aromatic carbocycles. The summed E-state index contributed by atoms with van der Waals surface area (Å²) >= 11 is 0. The molecule has 0 fully saturated rings. The Kier molecular flexibility index (Phi) is 63.1. The molecule has 0 aliphatic carbocycles. The van der Waals surface area contributed by atoms with Gasteiger partial charge in [-0.1, -0.05) is 375 Å². The predicted octanol–water partition coefficient (Wildman–Crippen LogP) is 28.4. The Morgan fingerprint density at radius 1 is 0.276 bits per heavy atom. The smallest absolute Gasteiger partial charge is 0.333 e. The fraction of sp³-hybridized carbons (Fsp3) is 0.818. The number of nitrogens with one attached hydrogen (secondary N) is 1. The van der Waals surface area contributed by atoms with Crippen molar-refractivity contribution in [3.63, 3.8) is 0 Å². The van der Waals surface area contributed by atoms with Crippen molar-refractivity contribution >= 4 is 17.6 Å². The quantitative estimate of drug-likeness (QED) is 0.0393. The first-order chi connectivity index (χ1) is 48.3. The molecule has 10 nitrogen and oxygen atoms in total. The molecule has 0 aliphatic rings. The van der Waals surface area contributed by atoms with Gasteiger partial charge in [-0.15, -0.1) is 0 Å². The molecule has 0 unspecified atom stereocenters. The van der Waals surface area contributed by atoms with Crippen LogP contribution in [0.5, 0.6) is 34.5 Å². The van der Waals surface area contributed by atoms with E-state index in [1.807, 2.05) is 24.3 Å². The number of carbonyl (C=O) groups is 2. The maximum atomic E-state index is 15.1. The van der Waals surface area contributed by atoms with Gasteiger partial charge >= 0.3 is 5.97 Å². The lowest BCUT2D eigenvalue weighted by atomic mass is 10.1. The summed E-state index contributed by atoms with van der Waals surface area (Å²) in [4.78, 5) is 26.8. The van der Waals surface area contributed by atoms with E-state index >= 15 is 4.79 Å². The van der Waals surface area contributed by atoms with Gasteiger partial charge in [0, 0.05) is 29.0 Å². The molecule has 0 spiro atoms. The van der Waals surface area contributed by atoms with E-state index in [1.165, 1.54) is 276 Å². The number of ether oxygens (including phenoxy) is 7. The Hall–Kier alpha value is -4.08. The van der Waals surface area contributed by atoms with Crippen LogP contribution in [0.1, 0.15) is 431 Å². The van der Waals surface area contributed by atoms with Crippen molar-refractivity contribution in [1.82, 2.24) is 0 Å². The molecular formula is C88H157NO9. The molecule has 98 heavy (non-hydrogen) atoms. The van der Waals surface area contributed by atoms with Crippen LogP contribution in [0.15, 0.2) is 36.4 Å². The highest BCUT2D eigenvalue weighted by Gasteiger charge is 2.22. The van der Waals surface area contributed by atoms with Gasteiger partial charge in [0.05, 0.1) is 46.2 Å². The van der Waals surface area contributed by atoms with Gasteiger partial charge in [0.1, 0.15) is 0 Å². The summed E-state index contributed by atoms with van der Waals surface area (Å²) in [7, 11) is 0. The van der Waals surface area contributed by atoms with E-state index in [9.17, 15) is 4.79 Å². The highest BCUT2D eigenvalue weighted by Crippen LogP contribution is 2.43. The van der Waals surface area contributed by atoms with Gasteiger partial charge in [-0.2, -0.15) is 0 Å². The van der Waals surface area contributed by atoms with Crippen LogP contribution in [0.25, 0.3) is 0 Å². The molecular weight excluding hydrogens is 1210 g/mol. The van der Waals surface area contributed by atoms with E-state index in [2.05, 4.69) is 46.5 Å². The number of esters is 1. The Morgan fingerprint density at radius 2 is 0.469 bits per heavy atom. The molecule has 2 aromatic rings. The lowest BCUT2D eigenvalue weighted by Gasteiger charge is -2.20. The van der Waals surface area contributed by atoms with Crippen molar-refractivity contribution in [3.05, 3.63) is 42.0 Å². The minimum atomic E-state index is -0.297. The van der Waals surface area contributed by atoms with Gasteiger partial charge in [-0.05, 0) is 64.0 Å². The van der Waals surface area contributed by atoms with Crippen LogP contribution >= 0.6 is 0 Å². The summed E-state index contributed by atoms with van der Waals surface area (Å²) in [5.74, 6) is 3.09. The zero-order valence-corrected chi connectivity index (χ0v) is 65.4. The van der Waals surface area contributed by atoms with E-state index in [4.69, 9.17) is 33.2 Å². The van der Waals surface area contributed by atoms with Crippen molar-refractivity contribution in [2.75, 3.05) is 51.6 Å². The van der Waals surface area contributed by atoms with Gasteiger partial charge in [-0.3, -0.25) is 4.79 Å². The number of carbonyl (C=O) groups excluding carboxylic acids is 2. The van der Waals surface area contributed by atoms with Crippen LogP contribution in [-0.4, -0.2) is 58.1 Å². The van der Waals surface area contributed by atoms with E-state index in [-0.39, 0.29) is 11.9 Å². The number of hydrogen-bond acceptors (Lipinski definition) is 9. The molecule has 0 aromatic heterocycles. The number of hydrogen-bond donors (Lipinski definition) is 1. The lowest BCUT2D eigenvalue weighted by molar-refractivity contribution is -0.139. The Balaban J connectivity index is 2.50. The Bertz CT molecular complexity index is 2080.